The van der Waals surface area contributed by atoms with E-state index < -0.39 is 10.0 Å². The molecular formula is C18H24N2O3S. The van der Waals surface area contributed by atoms with Crippen molar-refractivity contribution in [2.75, 3.05) is 21.1 Å². The lowest BCUT2D eigenvalue weighted by molar-refractivity contribution is 0.193. The molecule has 2 aromatic rings. The van der Waals surface area contributed by atoms with Crippen LogP contribution in [-0.4, -0.2) is 38.8 Å². The van der Waals surface area contributed by atoms with Crippen molar-refractivity contribution in [1.29, 1.82) is 0 Å². The molecule has 1 atom stereocenters. The van der Waals surface area contributed by atoms with Crippen LogP contribution in [0.3, 0.4) is 0 Å². The summed E-state index contributed by atoms with van der Waals surface area (Å²) in [5.41, 5.74) is 2.79. The molecule has 1 unspecified atom stereocenters. The van der Waals surface area contributed by atoms with Gasteiger partial charge in [0.1, 0.15) is 5.76 Å². The monoisotopic (exact) mass is 348 g/mol. The van der Waals surface area contributed by atoms with Crippen LogP contribution in [0.5, 0.6) is 0 Å². The summed E-state index contributed by atoms with van der Waals surface area (Å²) >= 11 is 0. The molecule has 130 valence electrons. The number of sulfonamides is 1. The van der Waals surface area contributed by atoms with Crippen LogP contribution >= 0.6 is 0 Å². The Hall–Kier alpha value is -1.63. The molecular weight excluding hydrogens is 324 g/mol. The smallest absolute Gasteiger partial charge is 0.275 e. The van der Waals surface area contributed by atoms with E-state index in [4.69, 9.17) is 4.42 Å². The zero-order valence-corrected chi connectivity index (χ0v) is 15.2. The van der Waals surface area contributed by atoms with Crippen molar-refractivity contribution in [3.05, 3.63) is 53.3 Å². The first-order valence-electron chi connectivity index (χ1n) is 8.19. The third kappa shape index (κ3) is 3.27. The minimum Gasteiger partial charge on any atom is -0.447 e. The number of furan rings is 1. The van der Waals surface area contributed by atoms with E-state index >= 15 is 0 Å². The van der Waals surface area contributed by atoms with E-state index in [1.807, 2.05) is 0 Å². The van der Waals surface area contributed by atoms with Gasteiger partial charge in [0.25, 0.3) is 10.0 Å². The lowest BCUT2D eigenvalue weighted by Gasteiger charge is -2.32. The number of rotatable bonds is 5. The maximum Gasteiger partial charge on any atom is 0.275 e. The molecule has 1 aliphatic rings. The lowest BCUT2D eigenvalue weighted by atomic mass is 9.87. The molecule has 0 spiro atoms. The van der Waals surface area contributed by atoms with Gasteiger partial charge < -0.3 is 4.42 Å². The predicted octanol–water partition coefficient (Wildman–Crippen LogP) is 3.04. The highest BCUT2D eigenvalue weighted by molar-refractivity contribution is 7.88. The van der Waals surface area contributed by atoms with E-state index in [-0.39, 0.29) is 5.09 Å². The van der Waals surface area contributed by atoms with Crippen LogP contribution in [0.2, 0.25) is 0 Å². The van der Waals surface area contributed by atoms with Crippen molar-refractivity contribution < 1.29 is 12.8 Å². The first-order chi connectivity index (χ1) is 11.4. The van der Waals surface area contributed by atoms with E-state index in [1.54, 1.807) is 6.07 Å². The average Bonchev–Trinajstić information content (AvgIpc) is 3.03. The van der Waals surface area contributed by atoms with Crippen LogP contribution in [0.15, 0.2) is 45.9 Å². The topological polar surface area (TPSA) is 53.8 Å². The highest BCUT2D eigenvalue weighted by Crippen LogP contribution is 2.34. The van der Waals surface area contributed by atoms with Crippen LogP contribution in [-0.2, 0) is 23.0 Å². The van der Waals surface area contributed by atoms with Gasteiger partial charge >= 0.3 is 0 Å². The summed E-state index contributed by atoms with van der Waals surface area (Å²) in [5.74, 6) is 0.668. The zero-order chi connectivity index (χ0) is 17.3. The Morgan fingerprint density at radius 3 is 2.62 bits per heavy atom. The fourth-order valence-corrected chi connectivity index (χ4v) is 4.12. The van der Waals surface area contributed by atoms with Gasteiger partial charge in [-0.05, 0) is 49.6 Å². The minimum absolute atomic E-state index is 0.0000516. The largest absolute Gasteiger partial charge is 0.447 e. The number of nitrogens with zero attached hydrogens (tertiary/aromatic N) is 2. The minimum atomic E-state index is -3.52. The number of aryl methyl sites for hydroxylation is 1. The van der Waals surface area contributed by atoms with Crippen LogP contribution < -0.4 is 0 Å². The number of fused-ring (bicyclic) bond motifs is 1. The molecule has 0 fully saturated rings. The van der Waals surface area contributed by atoms with E-state index in [0.29, 0.717) is 18.3 Å². The molecule has 0 saturated carbocycles. The Morgan fingerprint density at radius 2 is 1.88 bits per heavy atom. The molecule has 5 nitrogen and oxygen atoms in total. The predicted molar refractivity (Wildman–Crippen MR) is 93.2 cm³/mol. The third-order valence-electron chi connectivity index (χ3n) is 4.65. The van der Waals surface area contributed by atoms with Crippen LogP contribution in [0.4, 0.5) is 0 Å². The van der Waals surface area contributed by atoms with Crippen molar-refractivity contribution in [2.24, 2.45) is 0 Å². The number of hydrogen-bond acceptors (Lipinski definition) is 4. The Bertz CT molecular complexity index is 811. The summed E-state index contributed by atoms with van der Waals surface area (Å²) in [4.78, 5) is 2.24. The maximum absolute atomic E-state index is 12.1. The third-order valence-corrected chi connectivity index (χ3v) is 6.34. The summed E-state index contributed by atoms with van der Waals surface area (Å²) in [6, 6.07) is 12.2. The molecule has 0 radical (unpaired) electrons. The summed E-state index contributed by atoms with van der Waals surface area (Å²) < 4.78 is 31.0. The molecule has 0 amide bonds. The number of hydrogen-bond donors (Lipinski definition) is 0. The van der Waals surface area contributed by atoms with Crippen molar-refractivity contribution in [3.63, 3.8) is 0 Å². The van der Waals surface area contributed by atoms with E-state index in [2.05, 4.69) is 36.2 Å². The second-order valence-corrected chi connectivity index (χ2v) is 8.61. The zero-order valence-electron chi connectivity index (χ0n) is 14.4. The Labute approximate surface area is 143 Å². The normalized spacial score (nSPS) is 18.1. The summed E-state index contributed by atoms with van der Waals surface area (Å²) in [6.07, 6.45) is 3.41. The summed E-state index contributed by atoms with van der Waals surface area (Å²) in [7, 11) is 1.55. The highest BCUT2D eigenvalue weighted by atomic mass is 32.2. The van der Waals surface area contributed by atoms with Crippen molar-refractivity contribution in [1.82, 2.24) is 9.21 Å². The Balaban J connectivity index is 1.77. The van der Waals surface area contributed by atoms with Gasteiger partial charge in [-0.1, -0.05) is 24.3 Å². The standard InChI is InChI=1S/C18H24N2O3S/c1-19(2)24(21,22)18-12-11-15(23-18)13-20(3)17-10-6-8-14-7-4-5-9-16(14)17/h4-5,7,9,11-12,17H,6,8,10,13H2,1-3H3. The van der Waals surface area contributed by atoms with Crippen LogP contribution in [0.1, 0.15) is 35.8 Å². The average molecular weight is 348 g/mol. The molecule has 24 heavy (non-hydrogen) atoms. The maximum atomic E-state index is 12.1. The molecule has 0 aliphatic heterocycles. The Morgan fingerprint density at radius 1 is 1.12 bits per heavy atom. The van der Waals surface area contributed by atoms with Gasteiger partial charge in [0.05, 0.1) is 6.54 Å². The van der Waals surface area contributed by atoms with Crippen LogP contribution in [0, 0.1) is 0 Å². The van der Waals surface area contributed by atoms with E-state index in [9.17, 15) is 8.42 Å². The molecule has 3 rings (SSSR count). The van der Waals surface area contributed by atoms with E-state index in [0.717, 1.165) is 17.1 Å². The van der Waals surface area contributed by atoms with Crippen molar-refractivity contribution >= 4 is 10.0 Å². The molecule has 0 N–H and O–H groups in total. The molecule has 1 aromatic heterocycles. The Kier molecular flexibility index (Phi) is 4.80. The quantitative estimate of drug-likeness (QED) is 0.833. The fourth-order valence-electron chi connectivity index (χ4n) is 3.30. The molecule has 1 aromatic carbocycles. The summed E-state index contributed by atoms with van der Waals surface area (Å²) in [5, 5.41) is -0.0000516. The first kappa shape index (κ1) is 17.2. The first-order valence-corrected chi connectivity index (χ1v) is 9.63. The second kappa shape index (κ2) is 6.70. The molecule has 1 heterocycles. The van der Waals surface area contributed by atoms with Crippen LogP contribution in [0.25, 0.3) is 0 Å². The highest BCUT2D eigenvalue weighted by Gasteiger charge is 2.25. The lowest BCUT2D eigenvalue weighted by Crippen LogP contribution is -2.27. The van der Waals surface area contributed by atoms with Gasteiger partial charge in [0.2, 0.25) is 5.09 Å². The molecule has 0 bridgehead atoms. The second-order valence-electron chi connectivity index (χ2n) is 6.53. The number of benzene rings is 1. The van der Waals surface area contributed by atoms with Gasteiger partial charge in [0.15, 0.2) is 0 Å². The van der Waals surface area contributed by atoms with Gasteiger partial charge in [-0.2, -0.15) is 0 Å². The molecule has 0 saturated heterocycles. The van der Waals surface area contributed by atoms with Gasteiger partial charge in [-0.25, -0.2) is 12.7 Å². The molecule has 1 aliphatic carbocycles. The van der Waals surface area contributed by atoms with Gasteiger partial charge in [-0.3, -0.25) is 4.90 Å². The van der Waals surface area contributed by atoms with E-state index in [1.165, 1.54) is 37.7 Å². The SMILES string of the molecule is CN(Cc1ccc(S(=O)(=O)N(C)C)o1)C1CCCc2ccccc21. The molecule has 6 heteroatoms. The van der Waals surface area contributed by atoms with Crippen molar-refractivity contribution in [2.45, 2.75) is 36.9 Å². The fraction of sp³-hybridized carbons (Fsp3) is 0.444. The van der Waals surface area contributed by atoms with Gasteiger partial charge in [0, 0.05) is 20.1 Å². The van der Waals surface area contributed by atoms with Crippen molar-refractivity contribution in [3.8, 4) is 0 Å². The van der Waals surface area contributed by atoms with Gasteiger partial charge in [-0.15, -0.1) is 0 Å². The summed E-state index contributed by atoms with van der Waals surface area (Å²) in [6.45, 7) is 0.585.